The van der Waals surface area contributed by atoms with Gasteiger partial charge in [-0.3, -0.25) is 4.79 Å². The lowest BCUT2D eigenvalue weighted by Gasteiger charge is -2.36. The standard InChI is InChI=1S/C10H16F2N2O4S/c11-10(12)18-8-5-7(6-8)9(15)14-2-1-13-19(16,17)4-3-14/h7-8,10,13H,1-6H2. The van der Waals surface area contributed by atoms with Gasteiger partial charge in [-0.15, -0.1) is 0 Å². The molecule has 0 bridgehead atoms. The quantitative estimate of drug-likeness (QED) is 0.780. The summed E-state index contributed by atoms with van der Waals surface area (Å²) in [6.07, 6.45) is -0.0116. The van der Waals surface area contributed by atoms with Gasteiger partial charge < -0.3 is 9.64 Å². The molecule has 1 heterocycles. The number of nitrogens with one attached hydrogen (secondary N) is 1. The molecule has 0 unspecified atom stereocenters. The normalized spacial score (nSPS) is 30.8. The number of amides is 1. The van der Waals surface area contributed by atoms with Crippen LogP contribution in [0.3, 0.4) is 0 Å². The predicted octanol–water partition coefficient (Wildman–Crippen LogP) is -0.234. The fourth-order valence-corrected chi connectivity index (χ4v) is 3.26. The summed E-state index contributed by atoms with van der Waals surface area (Å²) >= 11 is 0. The van der Waals surface area contributed by atoms with Crippen LogP contribution in [0, 0.1) is 5.92 Å². The van der Waals surface area contributed by atoms with Crippen molar-refractivity contribution < 1.29 is 26.7 Å². The fourth-order valence-electron chi connectivity index (χ4n) is 2.25. The summed E-state index contributed by atoms with van der Waals surface area (Å²) in [6, 6.07) is 0. The van der Waals surface area contributed by atoms with Gasteiger partial charge >= 0.3 is 6.61 Å². The molecule has 19 heavy (non-hydrogen) atoms. The monoisotopic (exact) mass is 298 g/mol. The lowest BCUT2D eigenvalue weighted by Crippen LogP contribution is -2.46. The van der Waals surface area contributed by atoms with Gasteiger partial charge in [0.25, 0.3) is 0 Å². The minimum atomic E-state index is -3.29. The van der Waals surface area contributed by atoms with E-state index in [1.807, 2.05) is 0 Å². The van der Waals surface area contributed by atoms with Crippen LogP contribution in [-0.2, 0) is 19.6 Å². The zero-order valence-electron chi connectivity index (χ0n) is 10.2. The minimum absolute atomic E-state index is 0.123. The summed E-state index contributed by atoms with van der Waals surface area (Å²) in [5, 5.41) is 0. The Balaban J connectivity index is 1.81. The van der Waals surface area contributed by atoms with Crippen LogP contribution in [0.25, 0.3) is 0 Å². The maximum Gasteiger partial charge on any atom is 0.345 e. The number of sulfonamides is 1. The second-order valence-corrected chi connectivity index (χ2v) is 6.65. The van der Waals surface area contributed by atoms with Gasteiger partial charge in [0.1, 0.15) is 0 Å². The van der Waals surface area contributed by atoms with Gasteiger partial charge in [0.05, 0.1) is 11.9 Å². The van der Waals surface area contributed by atoms with Crippen LogP contribution in [0.5, 0.6) is 0 Å². The molecular formula is C10H16F2N2O4S. The van der Waals surface area contributed by atoms with E-state index in [9.17, 15) is 22.0 Å². The zero-order valence-corrected chi connectivity index (χ0v) is 11.0. The molecule has 1 N–H and O–H groups in total. The SMILES string of the molecule is O=C(C1CC(OC(F)F)C1)N1CCNS(=O)(=O)CC1. The van der Waals surface area contributed by atoms with Gasteiger partial charge in [-0.25, -0.2) is 13.1 Å². The van der Waals surface area contributed by atoms with Crippen LogP contribution in [0.4, 0.5) is 8.78 Å². The zero-order chi connectivity index (χ0) is 14.0. The first-order chi connectivity index (χ1) is 8.87. The highest BCUT2D eigenvalue weighted by atomic mass is 32.2. The Kier molecular flexibility index (Phi) is 4.36. The van der Waals surface area contributed by atoms with E-state index < -0.39 is 22.7 Å². The maximum absolute atomic E-state index is 12.0. The summed E-state index contributed by atoms with van der Waals surface area (Å²) in [5.74, 6) is -0.625. The van der Waals surface area contributed by atoms with Crippen LogP contribution in [0.1, 0.15) is 12.8 Å². The van der Waals surface area contributed by atoms with E-state index in [1.165, 1.54) is 4.90 Å². The van der Waals surface area contributed by atoms with Gasteiger partial charge in [-0.2, -0.15) is 8.78 Å². The number of hydrogen-bond donors (Lipinski definition) is 1. The highest BCUT2D eigenvalue weighted by Crippen LogP contribution is 2.32. The molecule has 0 aromatic heterocycles. The molecule has 1 aliphatic carbocycles. The molecule has 110 valence electrons. The van der Waals surface area contributed by atoms with Crippen molar-refractivity contribution in [2.45, 2.75) is 25.6 Å². The molecule has 0 aromatic rings. The van der Waals surface area contributed by atoms with Gasteiger partial charge in [0.15, 0.2) is 0 Å². The first kappa shape index (κ1) is 14.6. The molecule has 0 atom stereocenters. The minimum Gasteiger partial charge on any atom is -0.340 e. The Morgan fingerprint density at radius 3 is 2.63 bits per heavy atom. The van der Waals surface area contributed by atoms with Crippen molar-refractivity contribution in [3.8, 4) is 0 Å². The van der Waals surface area contributed by atoms with E-state index >= 15 is 0 Å². The molecule has 1 aliphatic heterocycles. The number of carbonyl (C=O) groups excluding carboxylic acids is 1. The average Bonchev–Trinajstić information content (AvgIpc) is 2.43. The average molecular weight is 298 g/mol. The highest BCUT2D eigenvalue weighted by molar-refractivity contribution is 7.89. The van der Waals surface area contributed by atoms with E-state index in [0.29, 0.717) is 6.54 Å². The first-order valence-corrected chi connectivity index (χ1v) is 7.72. The van der Waals surface area contributed by atoms with Crippen molar-refractivity contribution in [1.29, 1.82) is 0 Å². The van der Waals surface area contributed by atoms with Crippen molar-refractivity contribution in [3.63, 3.8) is 0 Å². The fraction of sp³-hybridized carbons (Fsp3) is 0.900. The van der Waals surface area contributed by atoms with Crippen LogP contribution >= 0.6 is 0 Å². The number of hydrogen-bond acceptors (Lipinski definition) is 4. The molecule has 1 amide bonds. The molecular weight excluding hydrogens is 282 g/mol. The van der Waals surface area contributed by atoms with Crippen molar-refractivity contribution in [3.05, 3.63) is 0 Å². The third-order valence-corrected chi connectivity index (χ3v) is 4.75. The molecule has 9 heteroatoms. The number of ether oxygens (including phenoxy) is 1. The van der Waals surface area contributed by atoms with E-state index in [1.54, 1.807) is 0 Å². The number of halogens is 2. The van der Waals surface area contributed by atoms with Crippen molar-refractivity contribution in [1.82, 2.24) is 9.62 Å². The van der Waals surface area contributed by atoms with Crippen molar-refractivity contribution >= 4 is 15.9 Å². The topological polar surface area (TPSA) is 75.7 Å². The summed E-state index contributed by atoms with van der Waals surface area (Å²) in [5.41, 5.74) is 0. The second kappa shape index (κ2) is 5.68. The molecule has 1 saturated carbocycles. The van der Waals surface area contributed by atoms with E-state index in [4.69, 9.17) is 0 Å². The van der Waals surface area contributed by atoms with Gasteiger partial charge in [0, 0.05) is 25.6 Å². The molecule has 1 saturated heterocycles. The van der Waals surface area contributed by atoms with Gasteiger partial charge in [0.2, 0.25) is 15.9 Å². The van der Waals surface area contributed by atoms with E-state index in [-0.39, 0.29) is 43.5 Å². The summed E-state index contributed by atoms with van der Waals surface area (Å²) in [7, 11) is -3.29. The van der Waals surface area contributed by atoms with E-state index in [0.717, 1.165) is 0 Å². The number of nitrogens with zero attached hydrogens (tertiary/aromatic N) is 1. The maximum atomic E-state index is 12.0. The Morgan fingerprint density at radius 1 is 1.32 bits per heavy atom. The van der Waals surface area contributed by atoms with Gasteiger partial charge in [-0.05, 0) is 12.8 Å². The smallest absolute Gasteiger partial charge is 0.340 e. The molecule has 2 rings (SSSR count). The largest absolute Gasteiger partial charge is 0.345 e. The van der Waals surface area contributed by atoms with Crippen LogP contribution < -0.4 is 4.72 Å². The molecule has 2 fully saturated rings. The molecule has 2 aliphatic rings. The summed E-state index contributed by atoms with van der Waals surface area (Å²) < 4.78 is 53.2. The highest BCUT2D eigenvalue weighted by Gasteiger charge is 2.39. The second-order valence-electron chi connectivity index (χ2n) is 4.73. The predicted molar refractivity (Wildman–Crippen MR) is 62.0 cm³/mol. The molecule has 0 spiro atoms. The summed E-state index contributed by atoms with van der Waals surface area (Å²) in [6.45, 7) is -2.16. The molecule has 0 aromatic carbocycles. The van der Waals surface area contributed by atoms with Crippen LogP contribution in [-0.4, -0.2) is 57.3 Å². The number of rotatable bonds is 3. The summed E-state index contributed by atoms with van der Waals surface area (Å²) in [4.78, 5) is 13.5. The Hall–Kier alpha value is -0.800. The lowest BCUT2D eigenvalue weighted by molar-refractivity contribution is -0.195. The molecule has 0 radical (unpaired) electrons. The van der Waals surface area contributed by atoms with Crippen LogP contribution in [0.15, 0.2) is 0 Å². The lowest BCUT2D eigenvalue weighted by atomic mass is 9.81. The van der Waals surface area contributed by atoms with Crippen LogP contribution in [0.2, 0.25) is 0 Å². The third-order valence-electron chi connectivity index (χ3n) is 3.38. The first-order valence-electron chi connectivity index (χ1n) is 6.07. The Bertz CT molecular complexity index is 437. The van der Waals surface area contributed by atoms with Crippen molar-refractivity contribution in [2.75, 3.05) is 25.4 Å². The number of alkyl halides is 2. The van der Waals surface area contributed by atoms with Crippen molar-refractivity contribution in [2.24, 2.45) is 5.92 Å². The van der Waals surface area contributed by atoms with Gasteiger partial charge in [-0.1, -0.05) is 0 Å². The molecule has 6 nitrogen and oxygen atoms in total. The Labute approximate surface area is 110 Å². The third kappa shape index (κ3) is 3.83. The Morgan fingerprint density at radius 2 is 2.00 bits per heavy atom. The van der Waals surface area contributed by atoms with E-state index in [2.05, 4.69) is 9.46 Å². The number of carbonyl (C=O) groups is 1.